The molecule has 2 N–H and O–H groups in total. The molecule has 1 saturated carbocycles. The van der Waals surface area contributed by atoms with Gasteiger partial charge in [0.15, 0.2) is 0 Å². The van der Waals surface area contributed by atoms with Gasteiger partial charge in [0, 0.05) is 18.8 Å². The molecule has 1 heterocycles. The fourth-order valence-electron chi connectivity index (χ4n) is 1.79. The predicted octanol–water partition coefficient (Wildman–Crippen LogP) is 1.72. The van der Waals surface area contributed by atoms with E-state index in [-0.39, 0.29) is 5.91 Å². The maximum atomic E-state index is 11.6. The molecule has 1 aromatic heterocycles. The molecule has 1 aromatic rings. The molecule has 1 aliphatic rings. The molecule has 0 aromatic carbocycles. The zero-order valence-electron chi connectivity index (χ0n) is 11.4. The Balaban J connectivity index is 1.64. The van der Waals surface area contributed by atoms with E-state index in [2.05, 4.69) is 22.0 Å². The van der Waals surface area contributed by atoms with E-state index < -0.39 is 0 Å². The number of nitrogens with one attached hydrogen (secondary N) is 2. The third-order valence-electron chi connectivity index (χ3n) is 2.99. The number of unbranched alkanes of at least 4 members (excludes halogenated alkanes) is 1. The first-order valence-corrected chi connectivity index (χ1v) is 8.22. The van der Waals surface area contributed by atoms with Gasteiger partial charge in [0.25, 0.3) is 0 Å². The van der Waals surface area contributed by atoms with E-state index in [4.69, 9.17) is 0 Å². The fraction of sp³-hybridized carbons (Fsp3) is 0.692. The van der Waals surface area contributed by atoms with Crippen LogP contribution in [0.1, 0.15) is 25.7 Å². The lowest BCUT2D eigenvalue weighted by molar-refractivity contribution is -0.122. The Kier molecular flexibility index (Phi) is 5.57. The van der Waals surface area contributed by atoms with Gasteiger partial charge in [-0.2, -0.15) is 16.9 Å². The number of amides is 1. The molecule has 0 spiro atoms. The zero-order valence-corrected chi connectivity index (χ0v) is 12.2. The highest BCUT2D eigenvalue weighted by Gasteiger charge is 2.23. The van der Waals surface area contributed by atoms with Gasteiger partial charge in [-0.3, -0.25) is 9.48 Å². The number of anilines is 1. The minimum absolute atomic E-state index is 0.0529. The lowest BCUT2D eigenvalue weighted by Gasteiger charge is -2.03. The first-order valence-electron chi connectivity index (χ1n) is 6.82. The van der Waals surface area contributed by atoms with Crippen molar-refractivity contribution in [2.45, 2.75) is 38.3 Å². The highest BCUT2D eigenvalue weighted by atomic mass is 32.2. The normalized spacial score (nSPS) is 14.4. The molecular weight excluding hydrogens is 260 g/mol. The fourth-order valence-corrected chi connectivity index (χ4v) is 2.29. The number of carbonyl (C=O) groups is 1. The van der Waals surface area contributed by atoms with E-state index in [1.165, 1.54) is 12.2 Å². The molecule has 6 heteroatoms. The highest BCUT2D eigenvalue weighted by Crippen LogP contribution is 2.18. The Hall–Kier alpha value is -1.17. The molecule has 1 aliphatic carbocycles. The number of hydrogen-bond donors (Lipinski definition) is 2. The number of hydrogen-bond acceptors (Lipinski definition) is 4. The summed E-state index contributed by atoms with van der Waals surface area (Å²) in [7, 11) is 0. The molecular formula is C13H22N4OS. The molecule has 5 nitrogen and oxygen atoms in total. The molecule has 0 radical (unpaired) electrons. The molecule has 0 saturated heterocycles. The van der Waals surface area contributed by atoms with Crippen LogP contribution in [-0.2, 0) is 11.3 Å². The van der Waals surface area contributed by atoms with Gasteiger partial charge in [0.2, 0.25) is 5.91 Å². The van der Waals surface area contributed by atoms with E-state index in [9.17, 15) is 4.79 Å². The van der Waals surface area contributed by atoms with Crippen LogP contribution in [0.5, 0.6) is 0 Å². The van der Waals surface area contributed by atoms with Crippen LogP contribution < -0.4 is 10.6 Å². The first kappa shape index (κ1) is 14.2. The molecule has 0 aliphatic heterocycles. The summed E-state index contributed by atoms with van der Waals surface area (Å²) in [5.74, 6) is 1.26. The van der Waals surface area contributed by atoms with Gasteiger partial charge in [0.1, 0.15) is 6.54 Å². The van der Waals surface area contributed by atoms with Crippen molar-refractivity contribution in [3.8, 4) is 0 Å². The van der Waals surface area contributed by atoms with Crippen molar-refractivity contribution in [2.75, 3.05) is 23.9 Å². The molecule has 0 bridgehead atoms. The molecule has 106 valence electrons. The van der Waals surface area contributed by atoms with Crippen LogP contribution in [0, 0.1) is 0 Å². The Labute approximate surface area is 118 Å². The topological polar surface area (TPSA) is 59.0 Å². The Bertz CT molecular complexity index is 403. The molecule has 1 amide bonds. The Morgan fingerprint density at radius 1 is 1.53 bits per heavy atom. The van der Waals surface area contributed by atoms with Gasteiger partial charge < -0.3 is 10.6 Å². The number of rotatable bonds is 9. The van der Waals surface area contributed by atoms with Crippen molar-refractivity contribution in [3.63, 3.8) is 0 Å². The monoisotopic (exact) mass is 282 g/mol. The largest absolute Gasteiger partial charge is 0.383 e. The van der Waals surface area contributed by atoms with E-state index in [1.807, 2.05) is 18.0 Å². The first-order chi connectivity index (χ1) is 9.28. The van der Waals surface area contributed by atoms with E-state index >= 15 is 0 Å². The van der Waals surface area contributed by atoms with Gasteiger partial charge in [0.05, 0.1) is 11.9 Å². The number of nitrogens with zero attached hydrogens (tertiary/aromatic N) is 2. The summed E-state index contributed by atoms with van der Waals surface area (Å²) in [5.41, 5.74) is 0.989. The Morgan fingerprint density at radius 2 is 2.37 bits per heavy atom. The maximum Gasteiger partial charge on any atom is 0.241 e. The SMILES string of the molecule is CSCCCCNc1cnn(CC(=O)NC2CC2)c1. The van der Waals surface area contributed by atoms with Crippen LogP contribution in [0.25, 0.3) is 0 Å². The molecule has 0 unspecified atom stereocenters. The predicted molar refractivity (Wildman–Crippen MR) is 79.5 cm³/mol. The number of carbonyl (C=O) groups excluding carboxylic acids is 1. The average molecular weight is 282 g/mol. The summed E-state index contributed by atoms with van der Waals surface area (Å²) in [6.45, 7) is 1.27. The molecule has 0 atom stereocenters. The summed E-state index contributed by atoms with van der Waals surface area (Å²) in [6.07, 6.45) is 10.4. The minimum atomic E-state index is 0.0529. The molecule has 19 heavy (non-hydrogen) atoms. The van der Waals surface area contributed by atoms with Crippen molar-refractivity contribution in [1.82, 2.24) is 15.1 Å². The quantitative estimate of drug-likeness (QED) is 0.677. The third kappa shape index (κ3) is 5.55. The van der Waals surface area contributed by atoms with Gasteiger partial charge in [-0.05, 0) is 37.7 Å². The second-order valence-electron chi connectivity index (χ2n) is 4.90. The number of aromatic nitrogens is 2. The standard InChI is InChI=1S/C13H22N4OS/c1-19-7-3-2-6-14-12-8-15-17(9-12)10-13(18)16-11-4-5-11/h8-9,11,14H,2-7,10H2,1H3,(H,16,18). The lowest BCUT2D eigenvalue weighted by Crippen LogP contribution is -2.29. The van der Waals surface area contributed by atoms with Crippen LogP contribution in [-0.4, -0.2) is 40.3 Å². The maximum absolute atomic E-state index is 11.6. The Morgan fingerprint density at radius 3 is 3.11 bits per heavy atom. The van der Waals surface area contributed by atoms with Gasteiger partial charge in [-0.15, -0.1) is 0 Å². The summed E-state index contributed by atoms with van der Waals surface area (Å²) < 4.78 is 1.68. The van der Waals surface area contributed by atoms with E-state index in [0.29, 0.717) is 12.6 Å². The van der Waals surface area contributed by atoms with Crippen LogP contribution in [0.4, 0.5) is 5.69 Å². The van der Waals surface area contributed by atoms with Crippen molar-refractivity contribution in [1.29, 1.82) is 0 Å². The minimum Gasteiger partial charge on any atom is -0.383 e. The smallest absolute Gasteiger partial charge is 0.241 e. The third-order valence-corrected chi connectivity index (χ3v) is 3.68. The van der Waals surface area contributed by atoms with Crippen LogP contribution in [0.3, 0.4) is 0 Å². The van der Waals surface area contributed by atoms with Crippen molar-refractivity contribution >= 4 is 23.4 Å². The highest BCUT2D eigenvalue weighted by molar-refractivity contribution is 7.98. The van der Waals surface area contributed by atoms with E-state index in [1.54, 1.807) is 10.9 Å². The number of thioether (sulfide) groups is 1. The van der Waals surface area contributed by atoms with Crippen LogP contribution >= 0.6 is 11.8 Å². The van der Waals surface area contributed by atoms with E-state index in [0.717, 1.165) is 31.5 Å². The molecule has 1 fully saturated rings. The zero-order chi connectivity index (χ0) is 13.5. The van der Waals surface area contributed by atoms with Gasteiger partial charge in [-0.1, -0.05) is 0 Å². The van der Waals surface area contributed by atoms with Crippen LogP contribution in [0.15, 0.2) is 12.4 Å². The van der Waals surface area contributed by atoms with Gasteiger partial charge in [-0.25, -0.2) is 0 Å². The van der Waals surface area contributed by atoms with Crippen molar-refractivity contribution in [2.24, 2.45) is 0 Å². The second-order valence-corrected chi connectivity index (χ2v) is 5.88. The summed E-state index contributed by atoms with van der Waals surface area (Å²) in [4.78, 5) is 11.6. The average Bonchev–Trinajstić information content (AvgIpc) is 3.08. The van der Waals surface area contributed by atoms with Gasteiger partial charge >= 0.3 is 0 Å². The molecule has 2 rings (SSSR count). The van der Waals surface area contributed by atoms with Crippen molar-refractivity contribution < 1.29 is 4.79 Å². The lowest BCUT2D eigenvalue weighted by atomic mass is 10.3. The summed E-state index contributed by atoms with van der Waals surface area (Å²) in [5, 5.41) is 10.5. The van der Waals surface area contributed by atoms with Crippen LogP contribution in [0.2, 0.25) is 0 Å². The summed E-state index contributed by atoms with van der Waals surface area (Å²) in [6, 6.07) is 0.414. The summed E-state index contributed by atoms with van der Waals surface area (Å²) >= 11 is 1.88. The van der Waals surface area contributed by atoms with Crippen molar-refractivity contribution in [3.05, 3.63) is 12.4 Å². The second kappa shape index (κ2) is 7.43.